The molecule has 0 bridgehead atoms. The Bertz CT molecular complexity index is 642. The second-order valence-electron chi connectivity index (χ2n) is 8.48. The first kappa shape index (κ1) is 21.4. The van der Waals surface area contributed by atoms with Crippen molar-refractivity contribution in [2.75, 3.05) is 0 Å². The van der Waals surface area contributed by atoms with Crippen LogP contribution in [0, 0.1) is 18.3 Å². The summed E-state index contributed by atoms with van der Waals surface area (Å²) in [4.78, 5) is 13.5. The van der Waals surface area contributed by atoms with Crippen LogP contribution in [-0.2, 0) is 20.3 Å². The Labute approximate surface area is 165 Å². The number of rotatable bonds is 5. The van der Waals surface area contributed by atoms with Crippen molar-refractivity contribution >= 4 is 28.4 Å². The summed E-state index contributed by atoms with van der Waals surface area (Å²) >= 11 is 6.84. The number of benzene rings is 1. The minimum Gasteiger partial charge on any atom is -0.460 e. The van der Waals surface area contributed by atoms with Gasteiger partial charge in [-0.25, -0.2) is 0 Å². The maximum Gasteiger partial charge on any atom is 0.309 e. The highest BCUT2D eigenvalue weighted by Gasteiger charge is 2.50. The maximum atomic E-state index is 13.2. The fourth-order valence-corrected chi connectivity index (χ4v) is 5.92. The number of carbonyl (C=O) groups is 1. The Balaban J connectivity index is 2.31. The Morgan fingerprint density at radius 3 is 2.19 bits per heavy atom. The van der Waals surface area contributed by atoms with Crippen LogP contribution >= 0.6 is 11.6 Å². The van der Waals surface area contributed by atoms with Crippen molar-refractivity contribution in [3.63, 3.8) is 0 Å². The van der Waals surface area contributed by atoms with Crippen LogP contribution in [0.25, 0.3) is 0 Å². The molecule has 1 fully saturated rings. The van der Waals surface area contributed by atoms with Crippen LogP contribution in [0.1, 0.15) is 65.4 Å². The van der Waals surface area contributed by atoms with E-state index in [4.69, 9.17) is 16.3 Å². The van der Waals surface area contributed by atoms with Gasteiger partial charge in [-0.3, -0.25) is 9.00 Å². The number of alkyl halides is 1. The summed E-state index contributed by atoms with van der Waals surface area (Å²) in [6.07, 6.45) is 4.74. The third-order valence-electron chi connectivity index (χ3n) is 5.30. The summed E-state index contributed by atoms with van der Waals surface area (Å²) in [6.45, 7) is 9.49. The van der Waals surface area contributed by atoms with Crippen LogP contribution in [0.15, 0.2) is 29.2 Å². The third kappa shape index (κ3) is 4.89. The Morgan fingerprint density at radius 2 is 1.69 bits per heavy atom. The average Bonchev–Trinajstić information content (AvgIpc) is 2.59. The van der Waals surface area contributed by atoms with Gasteiger partial charge >= 0.3 is 5.97 Å². The summed E-state index contributed by atoms with van der Waals surface area (Å²) < 4.78 is 18.2. The van der Waals surface area contributed by atoms with Gasteiger partial charge in [0.1, 0.15) is 10.3 Å². The van der Waals surface area contributed by atoms with Crippen molar-refractivity contribution in [1.29, 1.82) is 0 Å². The monoisotopic (exact) mass is 398 g/mol. The molecule has 1 aliphatic rings. The predicted octanol–water partition coefficient (Wildman–Crippen LogP) is 5.60. The summed E-state index contributed by atoms with van der Waals surface area (Å²) in [5, 5.41) is 0. The molecular weight excluding hydrogens is 368 g/mol. The lowest BCUT2D eigenvalue weighted by atomic mass is 9.67. The number of carbonyl (C=O) groups excluding carboxylic acids is 1. The van der Waals surface area contributed by atoms with Gasteiger partial charge in [0.2, 0.25) is 0 Å². The highest BCUT2D eigenvalue weighted by molar-refractivity contribution is 7.87. The Kier molecular flexibility index (Phi) is 6.95. The molecule has 0 radical (unpaired) electrons. The number of aryl methyl sites for hydroxylation is 1. The molecule has 1 saturated carbocycles. The zero-order chi connectivity index (χ0) is 19.5. The normalized spacial score (nSPS) is 20.8. The van der Waals surface area contributed by atoms with Crippen molar-refractivity contribution in [2.24, 2.45) is 11.3 Å². The van der Waals surface area contributed by atoms with Crippen LogP contribution in [0.2, 0.25) is 0 Å². The molecule has 3 nitrogen and oxygen atoms in total. The van der Waals surface area contributed by atoms with Gasteiger partial charge in [-0.2, -0.15) is 0 Å². The molecule has 0 aliphatic heterocycles. The molecule has 3 atom stereocenters. The molecule has 2 rings (SSSR count). The van der Waals surface area contributed by atoms with Gasteiger partial charge < -0.3 is 4.74 Å². The zero-order valence-electron chi connectivity index (χ0n) is 16.5. The molecule has 5 heteroatoms. The van der Waals surface area contributed by atoms with Crippen molar-refractivity contribution in [3.05, 3.63) is 29.8 Å². The van der Waals surface area contributed by atoms with E-state index in [1.54, 1.807) is 0 Å². The SMILES string of the molecule is Cc1ccc(S(=O)C(Cl)C2([C@@H](C)C(=O)OC(C)(C)C)CCCCC2)cc1. The summed E-state index contributed by atoms with van der Waals surface area (Å²) in [7, 11) is -1.38. The molecule has 0 amide bonds. The number of halogens is 1. The van der Waals surface area contributed by atoms with Crippen LogP contribution in [0.3, 0.4) is 0 Å². The van der Waals surface area contributed by atoms with Gasteiger partial charge in [0.05, 0.1) is 16.7 Å². The molecule has 1 aromatic carbocycles. The van der Waals surface area contributed by atoms with E-state index in [1.165, 1.54) is 0 Å². The second kappa shape index (κ2) is 8.43. The minimum absolute atomic E-state index is 0.244. The molecule has 0 heterocycles. The van der Waals surface area contributed by atoms with E-state index < -0.39 is 26.5 Å². The summed E-state index contributed by atoms with van der Waals surface area (Å²) in [6, 6.07) is 7.63. The van der Waals surface area contributed by atoms with Gasteiger partial charge in [0.15, 0.2) is 0 Å². The minimum atomic E-state index is -1.38. The van der Waals surface area contributed by atoms with E-state index in [0.717, 1.165) is 42.6 Å². The molecule has 1 aromatic rings. The van der Waals surface area contributed by atoms with Gasteiger partial charge in [-0.1, -0.05) is 43.9 Å². The predicted molar refractivity (Wildman–Crippen MR) is 108 cm³/mol. The highest BCUT2D eigenvalue weighted by Crippen LogP contribution is 2.50. The lowest BCUT2D eigenvalue weighted by Crippen LogP contribution is -2.46. The van der Waals surface area contributed by atoms with Gasteiger partial charge in [0.25, 0.3) is 0 Å². The molecule has 26 heavy (non-hydrogen) atoms. The number of hydrogen-bond donors (Lipinski definition) is 0. The van der Waals surface area contributed by atoms with Crippen molar-refractivity contribution < 1.29 is 13.7 Å². The van der Waals surface area contributed by atoms with E-state index in [2.05, 4.69) is 0 Å². The lowest BCUT2D eigenvalue weighted by molar-refractivity contribution is -0.164. The largest absolute Gasteiger partial charge is 0.460 e. The first-order valence-corrected chi connectivity index (χ1v) is 11.1. The molecule has 1 aliphatic carbocycles. The smallest absolute Gasteiger partial charge is 0.309 e. The number of esters is 1. The standard InChI is InChI=1S/C21H31ClO3S/c1-15-9-11-17(12-10-15)26(24)19(22)21(13-7-6-8-14-21)16(2)18(23)25-20(3,4)5/h9-12,16,19H,6-8,13-14H2,1-5H3/t16-,19?,26?/m0/s1. The van der Waals surface area contributed by atoms with E-state index in [9.17, 15) is 9.00 Å². The topological polar surface area (TPSA) is 43.4 Å². The molecule has 0 spiro atoms. The Hall–Kier alpha value is -0.870. The van der Waals surface area contributed by atoms with Crippen LogP contribution in [-0.4, -0.2) is 20.5 Å². The van der Waals surface area contributed by atoms with E-state index in [1.807, 2.05) is 58.9 Å². The lowest BCUT2D eigenvalue weighted by Gasteiger charge is -2.44. The molecule has 0 N–H and O–H groups in total. The Morgan fingerprint density at radius 1 is 1.15 bits per heavy atom. The molecular formula is C21H31ClO3S. The summed E-state index contributed by atoms with van der Waals surface area (Å²) in [5.41, 5.74) is 0.0724. The van der Waals surface area contributed by atoms with E-state index >= 15 is 0 Å². The first-order valence-electron chi connectivity index (χ1n) is 9.41. The van der Waals surface area contributed by atoms with Gasteiger partial charge in [-0.15, -0.1) is 11.6 Å². The third-order valence-corrected chi connectivity index (χ3v) is 7.80. The average molecular weight is 399 g/mol. The molecule has 2 unspecified atom stereocenters. The number of hydrogen-bond acceptors (Lipinski definition) is 3. The van der Waals surface area contributed by atoms with Crippen LogP contribution in [0.5, 0.6) is 0 Å². The fourth-order valence-electron chi connectivity index (χ4n) is 3.70. The van der Waals surface area contributed by atoms with Gasteiger partial charge in [-0.05, 0) is 52.7 Å². The fraction of sp³-hybridized carbons (Fsp3) is 0.667. The number of ether oxygens (including phenoxy) is 1. The van der Waals surface area contributed by atoms with Crippen molar-refractivity contribution in [2.45, 2.75) is 81.9 Å². The summed E-state index contributed by atoms with van der Waals surface area (Å²) in [5.74, 6) is -0.634. The van der Waals surface area contributed by atoms with E-state index in [-0.39, 0.29) is 11.9 Å². The molecule has 0 aromatic heterocycles. The molecule has 0 saturated heterocycles. The zero-order valence-corrected chi connectivity index (χ0v) is 18.1. The van der Waals surface area contributed by atoms with E-state index in [0.29, 0.717) is 0 Å². The second-order valence-corrected chi connectivity index (χ2v) is 10.7. The van der Waals surface area contributed by atoms with Crippen molar-refractivity contribution in [3.8, 4) is 0 Å². The quantitative estimate of drug-likeness (QED) is 0.479. The van der Waals surface area contributed by atoms with Crippen molar-refractivity contribution in [1.82, 2.24) is 0 Å². The maximum absolute atomic E-state index is 13.2. The first-order chi connectivity index (χ1) is 12.1. The highest BCUT2D eigenvalue weighted by atomic mass is 35.5. The van der Waals surface area contributed by atoms with Gasteiger partial charge in [0, 0.05) is 10.3 Å². The molecule has 146 valence electrons. The van der Waals surface area contributed by atoms with Crippen LogP contribution < -0.4 is 0 Å². The van der Waals surface area contributed by atoms with Crippen LogP contribution in [0.4, 0.5) is 0 Å².